The SMILES string of the molecule is CCCn1c(SCC(=O)N(C)Cc2ccc(F)cc2)n[nH]c1=O. The largest absolute Gasteiger partial charge is 0.343 e. The highest BCUT2D eigenvalue weighted by molar-refractivity contribution is 7.99. The number of thioether (sulfide) groups is 1. The van der Waals surface area contributed by atoms with E-state index < -0.39 is 0 Å². The lowest BCUT2D eigenvalue weighted by Crippen LogP contribution is -2.28. The van der Waals surface area contributed by atoms with E-state index >= 15 is 0 Å². The molecule has 2 aromatic rings. The minimum atomic E-state index is -0.300. The predicted molar refractivity (Wildman–Crippen MR) is 86.7 cm³/mol. The molecule has 0 saturated heterocycles. The molecule has 0 fully saturated rings. The summed E-state index contributed by atoms with van der Waals surface area (Å²) in [7, 11) is 1.69. The number of halogens is 1. The standard InChI is InChI=1S/C15H19FN4O2S/c1-3-8-20-14(22)17-18-15(20)23-10-13(21)19(2)9-11-4-6-12(16)7-5-11/h4-7H,3,8-10H2,1-2H3,(H,17,22). The van der Waals surface area contributed by atoms with Gasteiger partial charge in [-0.25, -0.2) is 14.3 Å². The Kier molecular flexibility index (Phi) is 5.97. The summed E-state index contributed by atoms with van der Waals surface area (Å²) in [5.41, 5.74) is 0.594. The van der Waals surface area contributed by atoms with E-state index in [0.29, 0.717) is 18.2 Å². The average molecular weight is 338 g/mol. The molecule has 0 saturated carbocycles. The van der Waals surface area contributed by atoms with Gasteiger partial charge in [0.15, 0.2) is 5.16 Å². The molecule has 2 rings (SSSR count). The number of aromatic nitrogens is 3. The van der Waals surface area contributed by atoms with Crippen LogP contribution in [0.5, 0.6) is 0 Å². The molecular formula is C15H19FN4O2S. The smallest absolute Gasteiger partial charge is 0.341 e. The Labute approximate surface area is 137 Å². The second-order valence-electron chi connectivity index (χ2n) is 5.13. The van der Waals surface area contributed by atoms with Gasteiger partial charge in [0, 0.05) is 20.1 Å². The Balaban J connectivity index is 1.91. The Morgan fingerprint density at radius 3 is 2.74 bits per heavy atom. The van der Waals surface area contributed by atoms with Gasteiger partial charge in [-0.3, -0.25) is 9.36 Å². The first kappa shape index (κ1) is 17.3. The first-order valence-corrected chi connectivity index (χ1v) is 8.26. The van der Waals surface area contributed by atoms with Gasteiger partial charge in [-0.15, -0.1) is 5.10 Å². The highest BCUT2D eigenvalue weighted by Crippen LogP contribution is 2.15. The monoisotopic (exact) mass is 338 g/mol. The first-order chi connectivity index (χ1) is 11.0. The molecule has 1 aromatic heterocycles. The maximum Gasteiger partial charge on any atom is 0.343 e. The summed E-state index contributed by atoms with van der Waals surface area (Å²) in [6.07, 6.45) is 0.811. The maximum atomic E-state index is 12.9. The van der Waals surface area contributed by atoms with Crippen LogP contribution in [0.3, 0.4) is 0 Å². The van der Waals surface area contributed by atoms with Crippen LogP contribution in [0.2, 0.25) is 0 Å². The van der Waals surface area contributed by atoms with Gasteiger partial charge in [-0.1, -0.05) is 30.8 Å². The van der Waals surface area contributed by atoms with Crippen LogP contribution in [0.4, 0.5) is 4.39 Å². The van der Waals surface area contributed by atoms with E-state index in [0.717, 1.165) is 12.0 Å². The summed E-state index contributed by atoms with van der Waals surface area (Å²) in [5, 5.41) is 6.85. The van der Waals surface area contributed by atoms with E-state index in [1.807, 2.05) is 6.92 Å². The second-order valence-corrected chi connectivity index (χ2v) is 6.07. The van der Waals surface area contributed by atoms with Crippen molar-refractivity contribution in [1.82, 2.24) is 19.7 Å². The maximum absolute atomic E-state index is 12.9. The summed E-state index contributed by atoms with van der Waals surface area (Å²) in [6, 6.07) is 6.04. The zero-order chi connectivity index (χ0) is 16.8. The molecule has 23 heavy (non-hydrogen) atoms. The van der Waals surface area contributed by atoms with E-state index in [9.17, 15) is 14.0 Å². The number of nitrogens with zero attached hydrogens (tertiary/aromatic N) is 3. The normalized spacial score (nSPS) is 10.7. The fourth-order valence-electron chi connectivity index (χ4n) is 2.02. The van der Waals surface area contributed by atoms with Gasteiger partial charge in [0.05, 0.1) is 5.75 Å². The van der Waals surface area contributed by atoms with Crippen molar-refractivity contribution in [3.05, 3.63) is 46.1 Å². The van der Waals surface area contributed by atoms with Crippen molar-refractivity contribution in [3.8, 4) is 0 Å². The van der Waals surface area contributed by atoms with Gasteiger partial charge in [0.2, 0.25) is 5.91 Å². The third kappa shape index (κ3) is 4.69. The summed E-state index contributed by atoms with van der Waals surface area (Å²) in [6.45, 7) is 2.94. The van der Waals surface area contributed by atoms with Gasteiger partial charge < -0.3 is 4.90 Å². The van der Waals surface area contributed by atoms with Crippen LogP contribution >= 0.6 is 11.8 Å². The number of nitrogens with one attached hydrogen (secondary N) is 1. The van der Waals surface area contributed by atoms with Crippen LogP contribution in [0, 0.1) is 5.82 Å². The summed E-state index contributed by atoms with van der Waals surface area (Å²) in [4.78, 5) is 25.3. The molecule has 124 valence electrons. The molecule has 0 aliphatic carbocycles. The van der Waals surface area contributed by atoms with Crippen LogP contribution in [0.1, 0.15) is 18.9 Å². The van der Waals surface area contributed by atoms with Crippen molar-refractivity contribution in [2.75, 3.05) is 12.8 Å². The number of hydrogen-bond donors (Lipinski definition) is 1. The Morgan fingerprint density at radius 1 is 1.39 bits per heavy atom. The molecule has 1 aromatic carbocycles. The molecule has 0 aliphatic rings. The molecule has 6 nitrogen and oxygen atoms in total. The van der Waals surface area contributed by atoms with Gasteiger partial charge >= 0.3 is 5.69 Å². The van der Waals surface area contributed by atoms with Crippen LogP contribution in [-0.4, -0.2) is 38.4 Å². The Bertz CT molecular complexity index is 711. The molecule has 8 heteroatoms. The lowest BCUT2D eigenvalue weighted by Gasteiger charge is -2.17. The van der Waals surface area contributed by atoms with Gasteiger partial charge in [0.25, 0.3) is 0 Å². The van der Waals surface area contributed by atoms with E-state index in [2.05, 4.69) is 10.2 Å². The molecule has 1 N–H and O–H groups in total. The van der Waals surface area contributed by atoms with E-state index in [1.165, 1.54) is 28.5 Å². The van der Waals surface area contributed by atoms with Crippen molar-refractivity contribution in [1.29, 1.82) is 0 Å². The summed E-state index contributed by atoms with van der Waals surface area (Å²) >= 11 is 1.23. The first-order valence-electron chi connectivity index (χ1n) is 7.27. The van der Waals surface area contributed by atoms with Crippen molar-refractivity contribution < 1.29 is 9.18 Å². The molecule has 0 spiro atoms. The zero-order valence-electron chi connectivity index (χ0n) is 13.1. The van der Waals surface area contributed by atoms with Gasteiger partial charge in [-0.05, 0) is 24.1 Å². The summed E-state index contributed by atoms with van der Waals surface area (Å²) < 4.78 is 14.4. The summed E-state index contributed by atoms with van der Waals surface area (Å²) in [5.74, 6) is -0.199. The molecular weight excluding hydrogens is 319 g/mol. The quantitative estimate of drug-likeness (QED) is 0.783. The third-order valence-corrected chi connectivity index (χ3v) is 4.22. The number of hydrogen-bond acceptors (Lipinski definition) is 4. The molecule has 0 atom stereocenters. The molecule has 0 radical (unpaired) electrons. The second kappa shape index (κ2) is 7.96. The minimum absolute atomic E-state index is 0.0853. The van der Waals surface area contributed by atoms with Crippen LogP contribution in [0.15, 0.2) is 34.2 Å². The Hall–Kier alpha value is -2.09. The number of benzene rings is 1. The number of rotatable bonds is 7. The molecule has 1 heterocycles. The van der Waals surface area contributed by atoms with E-state index in [4.69, 9.17) is 0 Å². The third-order valence-electron chi connectivity index (χ3n) is 3.25. The molecule has 1 amide bonds. The van der Waals surface area contributed by atoms with Gasteiger partial charge in [0.1, 0.15) is 5.82 Å². The van der Waals surface area contributed by atoms with Crippen molar-refractivity contribution in [2.45, 2.75) is 31.6 Å². The minimum Gasteiger partial charge on any atom is -0.341 e. The topological polar surface area (TPSA) is 71.0 Å². The fourth-order valence-corrected chi connectivity index (χ4v) is 2.94. The van der Waals surface area contributed by atoms with Crippen molar-refractivity contribution in [2.24, 2.45) is 0 Å². The number of aromatic amines is 1. The highest BCUT2D eigenvalue weighted by atomic mass is 32.2. The zero-order valence-corrected chi connectivity index (χ0v) is 13.9. The van der Waals surface area contributed by atoms with Crippen molar-refractivity contribution in [3.63, 3.8) is 0 Å². The molecule has 0 aliphatic heterocycles. The lowest BCUT2D eigenvalue weighted by molar-refractivity contribution is -0.127. The number of amides is 1. The van der Waals surface area contributed by atoms with Crippen molar-refractivity contribution >= 4 is 17.7 Å². The Morgan fingerprint density at radius 2 is 2.09 bits per heavy atom. The van der Waals surface area contributed by atoms with E-state index in [-0.39, 0.29) is 23.2 Å². The molecule has 0 bridgehead atoms. The number of carbonyl (C=O) groups is 1. The van der Waals surface area contributed by atoms with Crippen LogP contribution in [0.25, 0.3) is 0 Å². The highest BCUT2D eigenvalue weighted by Gasteiger charge is 2.14. The average Bonchev–Trinajstić information content (AvgIpc) is 2.88. The fraction of sp³-hybridized carbons (Fsp3) is 0.400. The lowest BCUT2D eigenvalue weighted by atomic mass is 10.2. The van der Waals surface area contributed by atoms with Crippen LogP contribution < -0.4 is 5.69 Å². The number of H-pyrrole nitrogens is 1. The van der Waals surface area contributed by atoms with Gasteiger partial charge in [-0.2, -0.15) is 0 Å². The van der Waals surface area contributed by atoms with Crippen LogP contribution in [-0.2, 0) is 17.9 Å². The van der Waals surface area contributed by atoms with E-state index in [1.54, 1.807) is 24.1 Å². The predicted octanol–water partition coefficient (Wildman–Crippen LogP) is 1.87. The molecule has 0 unspecified atom stereocenters. The number of carbonyl (C=O) groups excluding carboxylic acids is 1.